The summed E-state index contributed by atoms with van der Waals surface area (Å²) >= 11 is 0. The second-order valence-corrected chi connectivity index (χ2v) is 7.97. The zero-order chi connectivity index (χ0) is 20.1. The molecule has 1 fully saturated rings. The fourth-order valence-electron chi connectivity index (χ4n) is 2.78. The zero-order valence-electron chi connectivity index (χ0n) is 16.5. The van der Waals surface area contributed by atoms with Crippen molar-refractivity contribution in [3.8, 4) is 0 Å². The van der Waals surface area contributed by atoms with Gasteiger partial charge in [0, 0.05) is 18.5 Å². The minimum atomic E-state index is -1.19. The first-order valence-electron chi connectivity index (χ1n) is 9.20. The van der Waals surface area contributed by atoms with Crippen molar-refractivity contribution in [1.29, 1.82) is 0 Å². The van der Waals surface area contributed by atoms with Crippen LogP contribution in [0.3, 0.4) is 0 Å². The second-order valence-electron chi connectivity index (χ2n) is 7.97. The average Bonchev–Trinajstić information content (AvgIpc) is 2.62. The summed E-state index contributed by atoms with van der Waals surface area (Å²) in [6.45, 7) is 8.27. The van der Waals surface area contributed by atoms with E-state index in [4.69, 9.17) is 9.47 Å². The molecule has 1 aromatic rings. The molecule has 2 atom stereocenters. The molecule has 1 aliphatic rings. The van der Waals surface area contributed by atoms with Crippen molar-refractivity contribution in [3.05, 3.63) is 35.9 Å². The second kappa shape index (κ2) is 8.82. The Kier molecular flexibility index (Phi) is 6.97. The van der Waals surface area contributed by atoms with Crippen LogP contribution < -0.4 is 10.6 Å². The van der Waals surface area contributed by atoms with Crippen LogP contribution in [0.25, 0.3) is 0 Å². The Hall–Kier alpha value is -1.96. The van der Waals surface area contributed by atoms with Gasteiger partial charge in [-0.1, -0.05) is 44.2 Å². The summed E-state index contributed by atoms with van der Waals surface area (Å²) in [6, 6.07) is 9.45. The van der Waals surface area contributed by atoms with Gasteiger partial charge in [0.05, 0.1) is 6.61 Å². The number of nitrogens with one attached hydrogen (secondary N) is 2. The Morgan fingerprint density at radius 3 is 2.52 bits per heavy atom. The molecule has 0 aromatic heterocycles. The molecule has 0 saturated carbocycles. The van der Waals surface area contributed by atoms with Crippen LogP contribution >= 0.6 is 0 Å². The van der Waals surface area contributed by atoms with Gasteiger partial charge < -0.3 is 25.2 Å². The quantitative estimate of drug-likeness (QED) is 0.665. The molecule has 7 heteroatoms. The third kappa shape index (κ3) is 6.30. The van der Waals surface area contributed by atoms with Crippen molar-refractivity contribution >= 4 is 11.8 Å². The van der Waals surface area contributed by atoms with Crippen LogP contribution in [0.1, 0.15) is 39.7 Å². The normalized spacial score (nSPS) is 21.9. The van der Waals surface area contributed by atoms with Crippen LogP contribution in [0.2, 0.25) is 0 Å². The van der Waals surface area contributed by atoms with Gasteiger partial charge in [0.15, 0.2) is 5.79 Å². The summed E-state index contributed by atoms with van der Waals surface area (Å²) in [6.07, 6.45) is -1.72. The summed E-state index contributed by atoms with van der Waals surface area (Å²) < 4.78 is 11.4. The highest BCUT2D eigenvalue weighted by Crippen LogP contribution is 2.34. The van der Waals surface area contributed by atoms with E-state index in [9.17, 15) is 14.7 Å². The van der Waals surface area contributed by atoms with E-state index in [1.165, 1.54) is 0 Å². The Bertz CT molecular complexity index is 645. The smallest absolute Gasteiger partial charge is 0.249 e. The molecule has 27 heavy (non-hydrogen) atoms. The largest absolute Gasteiger partial charge is 0.383 e. The summed E-state index contributed by atoms with van der Waals surface area (Å²) in [7, 11) is 0. The van der Waals surface area contributed by atoms with E-state index in [0.717, 1.165) is 5.56 Å². The monoisotopic (exact) mass is 378 g/mol. The van der Waals surface area contributed by atoms with Crippen molar-refractivity contribution in [2.75, 3.05) is 13.2 Å². The summed E-state index contributed by atoms with van der Waals surface area (Å²) in [5.41, 5.74) is 0.485. The van der Waals surface area contributed by atoms with Gasteiger partial charge >= 0.3 is 0 Å². The number of carbonyl (C=O) groups excluding carboxylic acids is 2. The first-order chi connectivity index (χ1) is 12.6. The molecule has 0 spiro atoms. The van der Waals surface area contributed by atoms with Gasteiger partial charge in [-0.2, -0.15) is 0 Å². The van der Waals surface area contributed by atoms with Gasteiger partial charge in [-0.3, -0.25) is 9.59 Å². The van der Waals surface area contributed by atoms with Crippen LogP contribution in [0, 0.1) is 5.41 Å². The maximum Gasteiger partial charge on any atom is 0.249 e. The fraction of sp³-hybridized carbons (Fsp3) is 0.600. The molecule has 3 N–H and O–H groups in total. The maximum absolute atomic E-state index is 12.5. The Morgan fingerprint density at radius 1 is 1.19 bits per heavy atom. The molecule has 0 aliphatic carbocycles. The molecule has 2 rings (SSSR count). The molecule has 1 unspecified atom stereocenters. The number of aliphatic hydroxyl groups excluding tert-OH is 1. The molecule has 0 radical (unpaired) electrons. The Labute approximate surface area is 160 Å². The van der Waals surface area contributed by atoms with E-state index in [1.807, 2.05) is 44.2 Å². The Balaban J connectivity index is 1.75. The number of rotatable bonds is 7. The first kappa shape index (κ1) is 21.3. The molecule has 7 nitrogen and oxygen atoms in total. The van der Waals surface area contributed by atoms with Crippen molar-refractivity contribution in [2.24, 2.45) is 5.41 Å². The standard InChI is InChI=1S/C20H30N2O5/c1-19(2)13-26-20(3,4)27-16(19)18(25)21-11-10-15(23)17(24)22-12-14-8-6-5-7-9-14/h5-9,15-16,23H,10-13H2,1-4H3,(H,21,25)(H,22,24)/t15?,16-/m1/s1. The molecular weight excluding hydrogens is 348 g/mol. The minimum absolute atomic E-state index is 0.124. The number of carbonyl (C=O) groups is 2. The van der Waals surface area contributed by atoms with E-state index in [1.54, 1.807) is 13.8 Å². The molecule has 1 aliphatic heterocycles. The fourth-order valence-corrected chi connectivity index (χ4v) is 2.78. The first-order valence-corrected chi connectivity index (χ1v) is 9.20. The lowest BCUT2D eigenvalue weighted by Crippen LogP contribution is -2.56. The van der Waals surface area contributed by atoms with Gasteiger partial charge in [-0.25, -0.2) is 0 Å². The van der Waals surface area contributed by atoms with E-state index in [2.05, 4.69) is 10.6 Å². The summed E-state index contributed by atoms with van der Waals surface area (Å²) in [4.78, 5) is 24.5. The van der Waals surface area contributed by atoms with E-state index < -0.39 is 29.3 Å². The van der Waals surface area contributed by atoms with Crippen LogP contribution in [0.5, 0.6) is 0 Å². The Morgan fingerprint density at radius 2 is 1.85 bits per heavy atom. The van der Waals surface area contributed by atoms with Crippen LogP contribution in [-0.4, -0.2) is 48.1 Å². The van der Waals surface area contributed by atoms with Gasteiger partial charge in [-0.05, 0) is 25.8 Å². The van der Waals surface area contributed by atoms with Gasteiger partial charge in [0.2, 0.25) is 11.8 Å². The lowest BCUT2D eigenvalue weighted by molar-refractivity contribution is -0.304. The molecule has 150 valence electrons. The van der Waals surface area contributed by atoms with Crippen molar-refractivity contribution in [2.45, 2.75) is 58.7 Å². The maximum atomic E-state index is 12.5. The molecule has 1 aromatic carbocycles. The van der Waals surface area contributed by atoms with Gasteiger partial charge in [0.25, 0.3) is 0 Å². The molecular formula is C20H30N2O5. The predicted molar refractivity (Wildman–Crippen MR) is 101 cm³/mol. The highest BCUT2D eigenvalue weighted by molar-refractivity contribution is 5.82. The van der Waals surface area contributed by atoms with Crippen LogP contribution in [-0.2, 0) is 25.6 Å². The van der Waals surface area contributed by atoms with Crippen molar-refractivity contribution in [1.82, 2.24) is 10.6 Å². The summed E-state index contributed by atoms with van der Waals surface area (Å²) in [5, 5.41) is 15.4. The lowest BCUT2D eigenvalue weighted by atomic mass is 9.85. The number of benzene rings is 1. The molecule has 0 bridgehead atoms. The zero-order valence-corrected chi connectivity index (χ0v) is 16.5. The van der Waals surface area contributed by atoms with E-state index in [-0.39, 0.29) is 18.9 Å². The number of hydrogen-bond acceptors (Lipinski definition) is 5. The topological polar surface area (TPSA) is 96.9 Å². The van der Waals surface area contributed by atoms with Crippen LogP contribution in [0.15, 0.2) is 30.3 Å². The molecule has 2 amide bonds. The highest BCUT2D eigenvalue weighted by atomic mass is 16.7. The van der Waals surface area contributed by atoms with Gasteiger partial charge in [0.1, 0.15) is 12.2 Å². The predicted octanol–water partition coefficient (Wildman–Crippen LogP) is 1.35. The third-order valence-electron chi connectivity index (χ3n) is 4.47. The van der Waals surface area contributed by atoms with Crippen LogP contribution in [0.4, 0.5) is 0 Å². The van der Waals surface area contributed by atoms with E-state index in [0.29, 0.717) is 13.2 Å². The van der Waals surface area contributed by atoms with Crippen molar-refractivity contribution in [3.63, 3.8) is 0 Å². The van der Waals surface area contributed by atoms with Crippen molar-refractivity contribution < 1.29 is 24.2 Å². The molecule has 1 saturated heterocycles. The highest BCUT2D eigenvalue weighted by Gasteiger charge is 2.45. The summed E-state index contributed by atoms with van der Waals surface area (Å²) in [5.74, 6) is -1.56. The number of amides is 2. The minimum Gasteiger partial charge on any atom is -0.383 e. The number of ether oxygens (including phenoxy) is 2. The molecule has 1 heterocycles. The SMILES string of the molecule is CC1(C)OCC(C)(C)[C@@H](C(=O)NCCC(O)C(=O)NCc2ccccc2)O1. The third-order valence-corrected chi connectivity index (χ3v) is 4.47. The van der Waals surface area contributed by atoms with E-state index >= 15 is 0 Å². The number of aliphatic hydroxyl groups is 1. The lowest BCUT2D eigenvalue weighted by Gasteiger charge is -2.44. The van der Waals surface area contributed by atoms with Gasteiger partial charge in [-0.15, -0.1) is 0 Å². The average molecular weight is 378 g/mol. The number of hydrogen-bond donors (Lipinski definition) is 3.